The van der Waals surface area contributed by atoms with Gasteiger partial charge in [0.05, 0.1) is 0 Å². The second-order valence-electron chi connectivity index (χ2n) is 9.55. The van der Waals surface area contributed by atoms with Crippen LogP contribution in [-0.4, -0.2) is 13.8 Å². The van der Waals surface area contributed by atoms with Crippen LogP contribution in [0.15, 0.2) is 97.1 Å². The fourth-order valence-electron chi connectivity index (χ4n) is 6.09. The standard InChI is InChI=1S/C30H16B2O4/c1-3-11-23-17(7-1)19-9-5-13-25-29(19)31(35-23)21-15-22-28(16-27(21)33-25)34-26-14-6-10-20-18-8-2-4-12-24(18)36-32(22)30(20)26/h1-16H. The summed E-state index contributed by atoms with van der Waals surface area (Å²) in [5.41, 5.74) is 8.57. The smallest absolute Gasteiger partial charge is 0.434 e. The van der Waals surface area contributed by atoms with Gasteiger partial charge >= 0.3 is 13.8 Å². The van der Waals surface area contributed by atoms with Crippen molar-refractivity contribution in [1.82, 2.24) is 0 Å². The zero-order valence-corrected chi connectivity index (χ0v) is 19.0. The molecule has 0 aromatic heterocycles. The third kappa shape index (κ3) is 2.31. The van der Waals surface area contributed by atoms with Gasteiger partial charge in [0.15, 0.2) is 0 Å². The lowest BCUT2D eigenvalue weighted by molar-refractivity contribution is 0.458. The lowest BCUT2D eigenvalue weighted by Gasteiger charge is -2.36. The summed E-state index contributed by atoms with van der Waals surface area (Å²) in [5, 5.41) is 0. The Morgan fingerprint density at radius 2 is 0.833 bits per heavy atom. The lowest BCUT2D eigenvalue weighted by atomic mass is 9.47. The van der Waals surface area contributed by atoms with Gasteiger partial charge in [-0.25, -0.2) is 0 Å². The Bertz CT molecular complexity index is 1650. The number of hydrogen-bond donors (Lipinski definition) is 0. The molecule has 4 nitrogen and oxygen atoms in total. The van der Waals surface area contributed by atoms with Crippen molar-refractivity contribution in [3.05, 3.63) is 97.1 Å². The zero-order chi connectivity index (χ0) is 23.4. The van der Waals surface area contributed by atoms with Crippen molar-refractivity contribution < 1.29 is 18.8 Å². The molecule has 9 rings (SSSR count). The van der Waals surface area contributed by atoms with E-state index in [1.54, 1.807) is 0 Å². The molecule has 0 N–H and O–H groups in total. The minimum Gasteiger partial charge on any atom is -0.551 e. The SMILES string of the molecule is c1ccc2c(c1)OB1c3cc4c(cc3Oc3cccc-2c31)Oc1cccc2c1B4Oc1ccccc1-2. The van der Waals surface area contributed by atoms with Crippen molar-refractivity contribution in [2.45, 2.75) is 0 Å². The number of rotatable bonds is 0. The van der Waals surface area contributed by atoms with Crippen LogP contribution in [0, 0.1) is 0 Å². The van der Waals surface area contributed by atoms with Crippen LogP contribution in [0.25, 0.3) is 22.3 Å². The summed E-state index contributed by atoms with van der Waals surface area (Å²) in [6.07, 6.45) is 0. The zero-order valence-electron chi connectivity index (χ0n) is 19.0. The summed E-state index contributed by atoms with van der Waals surface area (Å²) in [6, 6.07) is 32.9. The summed E-state index contributed by atoms with van der Waals surface area (Å²) in [5.74, 6) is 4.90. The van der Waals surface area contributed by atoms with Crippen LogP contribution in [-0.2, 0) is 0 Å². The van der Waals surface area contributed by atoms with Gasteiger partial charge in [0.25, 0.3) is 0 Å². The maximum absolute atomic E-state index is 6.63. The largest absolute Gasteiger partial charge is 0.551 e. The molecule has 0 radical (unpaired) electrons. The Balaban J connectivity index is 1.26. The molecule has 4 heterocycles. The Hall–Kier alpha value is -4.57. The van der Waals surface area contributed by atoms with E-state index in [9.17, 15) is 0 Å². The predicted molar refractivity (Wildman–Crippen MR) is 142 cm³/mol. The molecule has 6 heteroatoms. The average Bonchev–Trinajstić information content (AvgIpc) is 2.92. The number of ether oxygens (including phenoxy) is 2. The second-order valence-corrected chi connectivity index (χ2v) is 9.55. The first-order valence-electron chi connectivity index (χ1n) is 12.1. The molecule has 5 aromatic carbocycles. The van der Waals surface area contributed by atoms with E-state index in [0.717, 1.165) is 78.6 Å². The first-order chi connectivity index (χ1) is 17.8. The van der Waals surface area contributed by atoms with Crippen LogP contribution >= 0.6 is 0 Å². The number of hydrogen-bond acceptors (Lipinski definition) is 4. The highest BCUT2D eigenvalue weighted by Crippen LogP contribution is 2.42. The van der Waals surface area contributed by atoms with Crippen LogP contribution in [0.3, 0.4) is 0 Å². The molecule has 36 heavy (non-hydrogen) atoms. The minimum atomic E-state index is -0.271. The van der Waals surface area contributed by atoms with Gasteiger partial charge in [0.1, 0.15) is 34.5 Å². The van der Waals surface area contributed by atoms with Crippen molar-refractivity contribution in [3.8, 4) is 56.8 Å². The molecule has 0 unspecified atom stereocenters. The van der Waals surface area contributed by atoms with E-state index in [2.05, 4.69) is 30.3 Å². The lowest BCUT2D eigenvalue weighted by Crippen LogP contribution is -2.58. The molecule has 0 spiro atoms. The maximum atomic E-state index is 6.63. The van der Waals surface area contributed by atoms with Gasteiger partial charge in [-0.05, 0) is 35.4 Å². The maximum Gasteiger partial charge on any atom is 0.434 e. The van der Waals surface area contributed by atoms with Crippen molar-refractivity contribution >= 4 is 35.7 Å². The van der Waals surface area contributed by atoms with Crippen LogP contribution in [0.4, 0.5) is 0 Å². The number of para-hydroxylation sites is 2. The molecular weight excluding hydrogens is 446 g/mol. The van der Waals surface area contributed by atoms with E-state index < -0.39 is 0 Å². The third-order valence-electron chi connectivity index (χ3n) is 7.65. The van der Waals surface area contributed by atoms with Crippen molar-refractivity contribution in [2.75, 3.05) is 0 Å². The molecule has 4 aliphatic heterocycles. The van der Waals surface area contributed by atoms with Gasteiger partial charge in [-0.1, -0.05) is 66.7 Å². The Morgan fingerprint density at radius 3 is 1.36 bits per heavy atom. The van der Waals surface area contributed by atoms with Gasteiger partial charge in [-0.2, -0.15) is 0 Å². The third-order valence-corrected chi connectivity index (χ3v) is 7.65. The fraction of sp³-hybridized carbons (Fsp3) is 0. The number of fused-ring (bicyclic) bond motifs is 8. The molecule has 4 aliphatic rings. The van der Waals surface area contributed by atoms with E-state index in [-0.39, 0.29) is 13.8 Å². The summed E-state index contributed by atoms with van der Waals surface area (Å²) in [6.45, 7) is -0.541. The van der Waals surface area contributed by atoms with Crippen LogP contribution < -0.4 is 40.6 Å². The fourth-order valence-corrected chi connectivity index (χ4v) is 6.09. The van der Waals surface area contributed by atoms with Gasteiger partial charge < -0.3 is 18.8 Å². The first-order valence-corrected chi connectivity index (χ1v) is 12.1. The highest BCUT2D eigenvalue weighted by Gasteiger charge is 2.45. The van der Waals surface area contributed by atoms with E-state index in [1.807, 2.05) is 66.7 Å². The summed E-state index contributed by atoms with van der Waals surface area (Å²) in [7, 11) is 0. The molecule has 0 saturated heterocycles. The second kappa shape index (κ2) is 6.55. The Labute approximate surface area is 208 Å². The van der Waals surface area contributed by atoms with Gasteiger partial charge in [-0.3, -0.25) is 0 Å². The molecule has 0 saturated carbocycles. The van der Waals surface area contributed by atoms with Crippen LogP contribution in [0.2, 0.25) is 0 Å². The monoisotopic (exact) mass is 462 g/mol. The molecule has 0 atom stereocenters. The first kappa shape index (κ1) is 18.7. The summed E-state index contributed by atoms with van der Waals surface area (Å²) >= 11 is 0. The van der Waals surface area contributed by atoms with Gasteiger partial charge in [0, 0.05) is 39.0 Å². The molecule has 0 aliphatic carbocycles. The number of benzene rings is 5. The molecule has 0 amide bonds. The summed E-state index contributed by atoms with van der Waals surface area (Å²) < 4.78 is 26.2. The van der Waals surface area contributed by atoms with E-state index >= 15 is 0 Å². The topological polar surface area (TPSA) is 36.9 Å². The quantitative estimate of drug-likeness (QED) is 0.323. The normalized spacial score (nSPS) is 14.3. The molecule has 5 aromatic rings. The molecular formula is C30H16B2O4. The van der Waals surface area contributed by atoms with E-state index in [0.29, 0.717) is 0 Å². The Kier molecular flexibility index (Phi) is 3.41. The van der Waals surface area contributed by atoms with E-state index in [4.69, 9.17) is 18.8 Å². The van der Waals surface area contributed by atoms with Crippen molar-refractivity contribution in [3.63, 3.8) is 0 Å². The predicted octanol–water partition coefficient (Wildman–Crippen LogP) is 4.23. The van der Waals surface area contributed by atoms with E-state index in [1.165, 1.54) is 0 Å². The molecule has 0 bridgehead atoms. The van der Waals surface area contributed by atoms with Crippen LogP contribution in [0.5, 0.6) is 34.5 Å². The summed E-state index contributed by atoms with van der Waals surface area (Å²) in [4.78, 5) is 0. The Morgan fingerprint density at radius 1 is 0.389 bits per heavy atom. The van der Waals surface area contributed by atoms with Crippen molar-refractivity contribution in [2.24, 2.45) is 0 Å². The average molecular weight is 462 g/mol. The van der Waals surface area contributed by atoms with Crippen molar-refractivity contribution in [1.29, 1.82) is 0 Å². The highest BCUT2D eigenvalue weighted by molar-refractivity contribution is 6.87. The highest BCUT2D eigenvalue weighted by atomic mass is 16.5. The molecule has 166 valence electrons. The van der Waals surface area contributed by atoms with Crippen LogP contribution in [0.1, 0.15) is 0 Å². The van der Waals surface area contributed by atoms with Gasteiger partial charge in [0.2, 0.25) is 0 Å². The minimum absolute atomic E-state index is 0.271. The molecule has 0 fully saturated rings. The van der Waals surface area contributed by atoms with Gasteiger partial charge in [-0.15, -0.1) is 0 Å².